The van der Waals surface area contributed by atoms with E-state index in [4.69, 9.17) is 5.73 Å². The van der Waals surface area contributed by atoms with Crippen LogP contribution in [0.3, 0.4) is 0 Å². The predicted molar refractivity (Wildman–Crippen MR) is 72.7 cm³/mol. The molecular formula is C13H18N2O2S. The summed E-state index contributed by atoms with van der Waals surface area (Å²) in [6.45, 7) is 3.48. The number of hydrogen-bond donors (Lipinski definition) is 1. The van der Waals surface area contributed by atoms with Crippen molar-refractivity contribution in [1.82, 2.24) is 4.90 Å². The predicted octanol–water partition coefficient (Wildman–Crippen LogP) is 1.31. The summed E-state index contributed by atoms with van der Waals surface area (Å²) in [6.07, 6.45) is 2.10. The van der Waals surface area contributed by atoms with Gasteiger partial charge in [0.1, 0.15) is 5.75 Å². The molecule has 0 aromatic heterocycles. The summed E-state index contributed by atoms with van der Waals surface area (Å²) in [7, 11) is -1.30. The van der Waals surface area contributed by atoms with Gasteiger partial charge in [0.05, 0.1) is 10.8 Å². The molecule has 1 aromatic carbocycles. The number of nitrogen functional groups attached to an aromatic ring is 1. The van der Waals surface area contributed by atoms with Crippen molar-refractivity contribution in [3.63, 3.8) is 0 Å². The Bertz CT molecular complexity index is 482. The van der Waals surface area contributed by atoms with E-state index < -0.39 is 10.8 Å². The van der Waals surface area contributed by atoms with Crippen molar-refractivity contribution >= 4 is 22.4 Å². The molecule has 1 unspecified atom stereocenters. The zero-order chi connectivity index (χ0) is 13.1. The molecule has 1 heterocycles. The van der Waals surface area contributed by atoms with Crippen LogP contribution in [0.1, 0.15) is 18.4 Å². The highest BCUT2D eigenvalue weighted by atomic mass is 32.2. The van der Waals surface area contributed by atoms with E-state index in [1.165, 1.54) is 0 Å². The Kier molecular flexibility index (Phi) is 4.01. The average Bonchev–Trinajstić information content (AvgIpc) is 2.85. The molecule has 4 nitrogen and oxygen atoms in total. The fourth-order valence-corrected chi connectivity index (χ4v) is 3.37. The van der Waals surface area contributed by atoms with Crippen LogP contribution in [-0.2, 0) is 15.6 Å². The van der Waals surface area contributed by atoms with Crippen LogP contribution >= 0.6 is 0 Å². The van der Waals surface area contributed by atoms with Crippen LogP contribution < -0.4 is 5.73 Å². The van der Waals surface area contributed by atoms with E-state index in [1.807, 2.05) is 13.0 Å². The molecule has 98 valence electrons. The second-order valence-electron chi connectivity index (χ2n) is 4.60. The minimum absolute atomic E-state index is 0.0207. The van der Waals surface area contributed by atoms with Crippen molar-refractivity contribution in [1.29, 1.82) is 0 Å². The van der Waals surface area contributed by atoms with E-state index in [0.29, 0.717) is 10.6 Å². The molecule has 18 heavy (non-hydrogen) atoms. The fraction of sp³-hybridized carbons (Fsp3) is 0.462. The van der Waals surface area contributed by atoms with Gasteiger partial charge in [0.25, 0.3) is 0 Å². The number of likely N-dealkylation sites (tertiary alicyclic amines) is 1. The van der Waals surface area contributed by atoms with E-state index in [2.05, 4.69) is 0 Å². The Morgan fingerprint density at radius 1 is 1.39 bits per heavy atom. The Hall–Kier alpha value is -1.36. The minimum atomic E-state index is -1.30. The van der Waals surface area contributed by atoms with E-state index in [1.54, 1.807) is 17.0 Å². The number of nitrogens with two attached hydrogens (primary N) is 1. The second kappa shape index (κ2) is 5.52. The van der Waals surface area contributed by atoms with Crippen LogP contribution in [0.2, 0.25) is 0 Å². The highest BCUT2D eigenvalue weighted by Gasteiger charge is 2.21. The average molecular weight is 266 g/mol. The maximum Gasteiger partial charge on any atom is 0.235 e. The third-order valence-corrected chi connectivity index (χ3v) is 4.61. The fourth-order valence-electron chi connectivity index (χ4n) is 2.11. The van der Waals surface area contributed by atoms with Gasteiger partial charge in [-0.15, -0.1) is 0 Å². The van der Waals surface area contributed by atoms with Gasteiger partial charge < -0.3 is 10.6 Å². The van der Waals surface area contributed by atoms with Gasteiger partial charge in [-0.05, 0) is 37.5 Å². The van der Waals surface area contributed by atoms with Crippen LogP contribution in [0.4, 0.5) is 5.69 Å². The molecular weight excluding hydrogens is 248 g/mol. The Labute approximate surface area is 110 Å². The van der Waals surface area contributed by atoms with Crippen molar-refractivity contribution in [2.75, 3.05) is 24.6 Å². The lowest BCUT2D eigenvalue weighted by molar-refractivity contribution is -0.127. The quantitative estimate of drug-likeness (QED) is 0.839. The molecule has 1 aliphatic heterocycles. The number of carbonyl (C=O) groups excluding carboxylic acids is 1. The molecule has 1 saturated heterocycles. The lowest BCUT2D eigenvalue weighted by Crippen LogP contribution is -2.31. The van der Waals surface area contributed by atoms with Gasteiger partial charge in [-0.25, -0.2) is 0 Å². The number of carbonyl (C=O) groups is 1. The topological polar surface area (TPSA) is 63.4 Å². The molecule has 0 radical (unpaired) electrons. The molecule has 2 N–H and O–H groups in total. The monoisotopic (exact) mass is 266 g/mol. The molecule has 1 aromatic rings. The molecule has 5 heteroatoms. The van der Waals surface area contributed by atoms with Gasteiger partial charge in [-0.1, -0.05) is 6.07 Å². The third kappa shape index (κ3) is 2.90. The molecule has 2 rings (SSSR count). The van der Waals surface area contributed by atoms with Gasteiger partial charge in [-0.3, -0.25) is 9.00 Å². The van der Waals surface area contributed by atoms with E-state index in [9.17, 15) is 9.00 Å². The van der Waals surface area contributed by atoms with E-state index >= 15 is 0 Å². The van der Waals surface area contributed by atoms with Gasteiger partial charge in [0, 0.05) is 23.7 Å². The number of rotatable bonds is 3. The molecule has 0 spiro atoms. The first kappa shape index (κ1) is 13.1. The van der Waals surface area contributed by atoms with Crippen molar-refractivity contribution in [3.8, 4) is 0 Å². The number of benzene rings is 1. The Morgan fingerprint density at radius 3 is 2.72 bits per heavy atom. The minimum Gasteiger partial charge on any atom is -0.399 e. The van der Waals surface area contributed by atoms with Gasteiger partial charge >= 0.3 is 0 Å². The van der Waals surface area contributed by atoms with Crippen LogP contribution in [0.25, 0.3) is 0 Å². The summed E-state index contributed by atoms with van der Waals surface area (Å²) in [5.41, 5.74) is 7.18. The van der Waals surface area contributed by atoms with Gasteiger partial charge in [-0.2, -0.15) is 0 Å². The standard InChI is InChI=1S/C13H18N2O2S/c1-10-4-5-11(14)8-12(10)18(17)9-13(16)15-6-2-3-7-15/h4-5,8H,2-3,6-7,9,14H2,1H3. The zero-order valence-electron chi connectivity index (χ0n) is 10.5. The summed E-state index contributed by atoms with van der Waals surface area (Å²) >= 11 is 0. The molecule has 1 amide bonds. The molecule has 0 saturated carbocycles. The first-order valence-electron chi connectivity index (χ1n) is 6.10. The van der Waals surface area contributed by atoms with Crippen LogP contribution in [0.5, 0.6) is 0 Å². The Morgan fingerprint density at radius 2 is 2.06 bits per heavy atom. The van der Waals surface area contributed by atoms with Gasteiger partial charge in [0.2, 0.25) is 5.91 Å². The Balaban J connectivity index is 2.07. The summed E-state index contributed by atoms with van der Waals surface area (Å²) in [5.74, 6) is 0.0391. The first-order chi connectivity index (χ1) is 8.58. The summed E-state index contributed by atoms with van der Waals surface area (Å²) in [5, 5.41) is 0. The van der Waals surface area contributed by atoms with Crippen molar-refractivity contribution in [3.05, 3.63) is 23.8 Å². The van der Waals surface area contributed by atoms with Crippen LogP contribution in [-0.4, -0.2) is 33.9 Å². The maximum atomic E-state index is 12.2. The van der Waals surface area contributed by atoms with Crippen LogP contribution in [0.15, 0.2) is 23.1 Å². The molecule has 0 bridgehead atoms. The molecule has 1 fully saturated rings. The van der Waals surface area contributed by atoms with Gasteiger partial charge in [0.15, 0.2) is 0 Å². The number of anilines is 1. The number of hydrogen-bond acceptors (Lipinski definition) is 3. The highest BCUT2D eigenvalue weighted by molar-refractivity contribution is 7.85. The second-order valence-corrected chi connectivity index (χ2v) is 6.02. The molecule has 0 aliphatic carbocycles. The maximum absolute atomic E-state index is 12.2. The summed E-state index contributed by atoms with van der Waals surface area (Å²) in [4.78, 5) is 14.4. The normalized spacial score (nSPS) is 16.8. The van der Waals surface area contributed by atoms with E-state index in [0.717, 1.165) is 31.5 Å². The summed E-state index contributed by atoms with van der Waals surface area (Å²) < 4.78 is 12.2. The molecule has 1 atom stereocenters. The zero-order valence-corrected chi connectivity index (χ0v) is 11.3. The van der Waals surface area contributed by atoms with Crippen LogP contribution in [0, 0.1) is 6.92 Å². The SMILES string of the molecule is Cc1ccc(N)cc1S(=O)CC(=O)N1CCCC1. The number of aryl methyl sites for hydroxylation is 1. The first-order valence-corrected chi connectivity index (χ1v) is 7.42. The largest absolute Gasteiger partial charge is 0.399 e. The van der Waals surface area contributed by atoms with Crippen molar-refractivity contribution < 1.29 is 9.00 Å². The van der Waals surface area contributed by atoms with Crippen molar-refractivity contribution in [2.45, 2.75) is 24.7 Å². The summed E-state index contributed by atoms with van der Waals surface area (Å²) in [6, 6.07) is 5.31. The highest BCUT2D eigenvalue weighted by Crippen LogP contribution is 2.18. The third-order valence-electron chi connectivity index (χ3n) is 3.17. The number of amides is 1. The van der Waals surface area contributed by atoms with E-state index in [-0.39, 0.29) is 11.7 Å². The number of nitrogens with zero attached hydrogens (tertiary/aromatic N) is 1. The molecule has 1 aliphatic rings. The lowest BCUT2D eigenvalue weighted by Gasteiger charge is -2.15. The van der Waals surface area contributed by atoms with Crippen molar-refractivity contribution in [2.24, 2.45) is 0 Å². The smallest absolute Gasteiger partial charge is 0.235 e. The lowest BCUT2D eigenvalue weighted by atomic mass is 10.2.